The lowest BCUT2D eigenvalue weighted by Crippen LogP contribution is -2.23. The number of ether oxygens (including phenoxy) is 1. The molecule has 0 bridgehead atoms. The minimum Gasteiger partial charge on any atom is -0.457 e. The third-order valence-corrected chi connectivity index (χ3v) is 3.10. The van der Waals surface area contributed by atoms with E-state index in [-0.39, 0.29) is 17.8 Å². The SMILES string of the molecule is O=C(OCc1ccccc1)c1ccc2ncc(F)cn2c1=O. The van der Waals surface area contributed by atoms with Crippen molar-refractivity contribution >= 4 is 11.6 Å². The Morgan fingerprint density at radius 3 is 2.73 bits per heavy atom. The summed E-state index contributed by atoms with van der Waals surface area (Å²) in [6.07, 6.45) is 1.99. The quantitative estimate of drug-likeness (QED) is 0.695. The third-order valence-electron chi connectivity index (χ3n) is 3.10. The molecular weight excluding hydrogens is 287 g/mol. The zero-order valence-corrected chi connectivity index (χ0v) is 11.4. The first kappa shape index (κ1) is 13.9. The molecule has 3 aromatic rings. The van der Waals surface area contributed by atoms with Gasteiger partial charge in [0.2, 0.25) is 0 Å². The first-order valence-electron chi connectivity index (χ1n) is 6.53. The van der Waals surface area contributed by atoms with Crippen molar-refractivity contribution < 1.29 is 13.9 Å². The molecular formula is C16H11FN2O3. The van der Waals surface area contributed by atoms with Crippen LogP contribution in [0.5, 0.6) is 0 Å². The zero-order valence-electron chi connectivity index (χ0n) is 11.4. The van der Waals surface area contributed by atoms with Crippen LogP contribution in [0.1, 0.15) is 15.9 Å². The Kier molecular flexibility index (Phi) is 3.65. The van der Waals surface area contributed by atoms with Crippen LogP contribution in [0.4, 0.5) is 4.39 Å². The maximum absolute atomic E-state index is 13.2. The van der Waals surface area contributed by atoms with Crippen LogP contribution in [0, 0.1) is 5.82 Å². The molecule has 0 radical (unpaired) electrons. The van der Waals surface area contributed by atoms with Crippen molar-refractivity contribution in [2.75, 3.05) is 0 Å². The van der Waals surface area contributed by atoms with E-state index in [2.05, 4.69) is 4.98 Å². The Morgan fingerprint density at radius 2 is 1.95 bits per heavy atom. The number of carbonyl (C=O) groups is 1. The summed E-state index contributed by atoms with van der Waals surface area (Å²) in [5.41, 5.74) is 0.235. The topological polar surface area (TPSA) is 60.7 Å². The van der Waals surface area contributed by atoms with Gasteiger partial charge in [0.1, 0.15) is 17.8 Å². The molecule has 0 fully saturated rings. The summed E-state index contributed by atoms with van der Waals surface area (Å²) in [7, 11) is 0. The van der Waals surface area contributed by atoms with Crippen LogP contribution in [0.3, 0.4) is 0 Å². The highest BCUT2D eigenvalue weighted by atomic mass is 19.1. The summed E-state index contributed by atoms with van der Waals surface area (Å²) in [4.78, 5) is 28.0. The summed E-state index contributed by atoms with van der Waals surface area (Å²) >= 11 is 0. The molecule has 22 heavy (non-hydrogen) atoms. The molecule has 0 aliphatic carbocycles. The standard InChI is InChI=1S/C16H11FN2O3/c17-12-8-18-14-7-6-13(15(20)19(14)9-12)16(21)22-10-11-4-2-1-3-5-11/h1-9H,10H2. The van der Waals surface area contributed by atoms with Crippen LogP contribution in [0.2, 0.25) is 0 Å². The second-order valence-corrected chi connectivity index (χ2v) is 4.61. The van der Waals surface area contributed by atoms with Gasteiger partial charge in [-0.2, -0.15) is 0 Å². The smallest absolute Gasteiger partial charge is 0.344 e. The van der Waals surface area contributed by atoms with Crippen molar-refractivity contribution in [2.45, 2.75) is 6.61 Å². The van der Waals surface area contributed by atoms with Crippen LogP contribution in [0.25, 0.3) is 5.65 Å². The van der Waals surface area contributed by atoms with Crippen LogP contribution < -0.4 is 5.56 Å². The number of esters is 1. The second-order valence-electron chi connectivity index (χ2n) is 4.61. The van der Waals surface area contributed by atoms with Gasteiger partial charge in [-0.15, -0.1) is 0 Å². The molecule has 0 spiro atoms. The van der Waals surface area contributed by atoms with E-state index in [1.807, 2.05) is 18.2 Å². The molecule has 5 nitrogen and oxygen atoms in total. The van der Waals surface area contributed by atoms with Crippen LogP contribution in [-0.2, 0) is 11.3 Å². The van der Waals surface area contributed by atoms with E-state index in [0.29, 0.717) is 0 Å². The molecule has 0 saturated heterocycles. The van der Waals surface area contributed by atoms with Crippen molar-refractivity contribution in [1.29, 1.82) is 0 Å². The molecule has 3 rings (SSSR count). The Hall–Kier alpha value is -3.02. The van der Waals surface area contributed by atoms with E-state index in [0.717, 1.165) is 22.4 Å². The fourth-order valence-electron chi connectivity index (χ4n) is 2.01. The van der Waals surface area contributed by atoms with Gasteiger partial charge in [-0.25, -0.2) is 14.2 Å². The largest absolute Gasteiger partial charge is 0.457 e. The molecule has 0 unspecified atom stereocenters. The molecule has 1 aromatic carbocycles. The molecule has 0 N–H and O–H groups in total. The molecule has 0 atom stereocenters. The number of benzene rings is 1. The van der Waals surface area contributed by atoms with Gasteiger partial charge < -0.3 is 4.74 Å². The number of halogens is 1. The first-order chi connectivity index (χ1) is 10.6. The fraction of sp³-hybridized carbons (Fsp3) is 0.0625. The number of hydrogen-bond donors (Lipinski definition) is 0. The van der Waals surface area contributed by atoms with E-state index in [1.165, 1.54) is 12.1 Å². The van der Waals surface area contributed by atoms with Gasteiger partial charge >= 0.3 is 5.97 Å². The van der Waals surface area contributed by atoms with Crippen molar-refractivity contribution in [1.82, 2.24) is 9.38 Å². The molecule has 6 heteroatoms. The van der Waals surface area contributed by atoms with E-state index in [9.17, 15) is 14.0 Å². The Bertz CT molecular complexity index is 891. The molecule has 110 valence electrons. The van der Waals surface area contributed by atoms with Gasteiger partial charge in [0.15, 0.2) is 5.82 Å². The Morgan fingerprint density at radius 1 is 1.18 bits per heavy atom. The lowest BCUT2D eigenvalue weighted by molar-refractivity contribution is 0.0470. The van der Waals surface area contributed by atoms with Crippen LogP contribution in [0.15, 0.2) is 59.7 Å². The van der Waals surface area contributed by atoms with Crippen molar-refractivity contribution in [3.8, 4) is 0 Å². The summed E-state index contributed by atoms with van der Waals surface area (Å²) in [5, 5.41) is 0. The average Bonchev–Trinajstić information content (AvgIpc) is 2.54. The number of hydrogen-bond acceptors (Lipinski definition) is 4. The minimum absolute atomic E-state index is 0.0587. The van der Waals surface area contributed by atoms with Gasteiger partial charge in [-0.05, 0) is 17.7 Å². The van der Waals surface area contributed by atoms with Crippen molar-refractivity contribution in [3.63, 3.8) is 0 Å². The fourth-order valence-corrected chi connectivity index (χ4v) is 2.01. The summed E-state index contributed by atoms with van der Waals surface area (Å²) < 4.78 is 19.3. The Balaban J connectivity index is 1.88. The van der Waals surface area contributed by atoms with Crippen molar-refractivity contribution in [2.24, 2.45) is 0 Å². The lowest BCUT2D eigenvalue weighted by Gasteiger charge is -2.06. The van der Waals surface area contributed by atoms with Gasteiger partial charge in [0.25, 0.3) is 5.56 Å². The maximum atomic E-state index is 13.2. The van der Waals surface area contributed by atoms with Gasteiger partial charge in [0, 0.05) is 0 Å². The number of fused-ring (bicyclic) bond motifs is 1. The monoisotopic (exact) mass is 298 g/mol. The summed E-state index contributed by atoms with van der Waals surface area (Å²) in [6.45, 7) is 0.0587. The Labute approximate surface area is 124 Å². The maximum Gasteiger partial charge on any atom is 0.344 e. The van der Waals surface area contributed by atoms with Crippen LogP contribution >= 0.6 is 0 Å². The normalized spacial score (nSPS) is 10.6. The molecule has 0 saturated carbocycles. The van der Waals surface area contributed by atoms with E-state index in [4.69, 9.17) is 4.74 Å². The second kappa shape index (κ2) is 5.77. The number of nitrogens with zero attached hydrogens (tertiary/aromatic N) is 2. The third kappa shape index (κ3) is 2.71. The highest BCUT2D eigenvalue weighted by Crippen LogP contribution is 2.05. The van der Waals surface area contributed by atoms with E-state index in [1.54, 1.807) is 12.1 Å². The summed E-state index contributed by atoms with van der Waals surface area (Å²) in [5.74, 6) is -1.42. The molecule has 0 amide bonds. The molecule has 0 aliphatic rings. The predicted molar refractivity (Wildman–Crippen MR) is 77.0 cm³/mol. The van der Waals surface area contributed by atoms with E-state index >= 15 is 0 Å². The van der Waals surface area contributed by atoms with Gasteiger partial charge in [-0.1, -0.05) is 30.3 Å². The van der Waals surface area contributed by atoms with Crippen LogP contribution in [-0.4, -0.2) is 15.4 Å². The molecule has 0 aliphatic heterocycles. The lowest BCUT2D eigenvalue weighted by atomic mass is 10.2. The van der Waals surface area contributed by atoms with Gasteiger partial charge in [-0.3, -0.25) is 9.20 Å². The molecule has 2 heterocycles. The summed E-state index contributed by atoms with van der Waals surface area (Å²) in [6, 6.07) is 11.9. The number of rotatable bonds is 3. The highest BCUT2D eigenvalue weighted by Gasteiger charge is 2.14. The molecule has 2 aromatic heterocycles. The minimum atomic E-state index is -0.757. The average molecular weight is 298 g/mol. The highest BCUT2D eigenvalue weighted by molar-refractivity contribution is 5.89. The van der Waals surface area contributed by atoms with E-state index < -0.39 is 17.3 Å². The first-order valence-corrected chi connectivity index (χ1v) is 6.53. The van der Waals surface area contributed by atoms with Gasteiger partial charge in [0.05, 0.1) is 12.4 Å². The zero-order chi connectivity index (χ0) is 15.5. The van der Waals surface area contributed by atoms with Crippen molar-refractivity contribution in [3.05, 3.63) is 82.2 Å². The number of aromatic nitrogens is 2. The number of carbonyl (C=O) groups excluding carboxylic acids is 1. The predicted octanol–water partition coefficient (Wildman–Crippen LogP) is 2.19. The number of pyridine rings is 1.